The normalized spacial score (nSPS) is 10.7. The molecular weight excluding hydrogens is 481 g/mol. The molecule has 0 saturated heterocycles. The van der Waals surface area contributed by atoms with Gasteiger partial charge in [-0.25, -0.2) is 4.98 Å². The summed E-state index contributed by atoms with van der Waals surface area (Å²) in [7, 11) is 5.22. The molecule has 0 aliphatic carbocycles. The van der Waals surface area contributed by atoms with E-state index >= 15 is 0 Å². The molecule has 0 fully saturated rings. The van der Waals surface area contributed by atoms with E-state index in [0.717, 1.165) is 17.5 Å². The summed E-state index contributed by atoms with van der Waals surface area (Å²) in [6, 6.07) is 11.4. The van der Waals surface area contributed by atoms with Crippen molar-refractivity contribution in [2.75, 3.05) is 27.7 Å². The lowest BCUT2D eigenvalue weighted by Crippen LogP contribution is -2.36. The lowest BCUT2D eigenvalue weighted by atomic mass is 10.1. The summed E-state index contributed by atoms with van der Waals surface area (Å²) in [6.45, 7) is 3.87. The van der Waals surface area contributed by atoms with E-state index in [1.54, 1.807) is 32.2 Å². The van der Waals surface area contributed by atoms with Gasteiger partial charge in [-0.15, -0.1) is 24.0 Å². The van der Waals surface area contributed by atoms with Crippen LogP contribution in [0.15, 0.2) is 47.6 Å². The smallest absolute Gasteiger partial charge is 0.253 e. The first-order valence-electron chi connectivity index (χ1n) is 9.37. The highest BCUT2D eigenvalue weighted by atomic mass is 127. The van der Waals surface area contributed by atoms with Crippen molar-refractivity contribution in [3.63, 3.8) is 0 Å². The summed E-state index contributed by atoms with van der Waals surface area (Å²) in [5, 5.41) is 6.55. The second kappa shape index (κ2) is 13.0. The van der Waals surface area contributed by atoms with Crippen LogP contribution in [-0.2, 0) is 13.1 Å². The number of nitrogens with one attached hydrogen (secondary N) is 2. The third kappa shape index (κ3) is 7.88. The van der Waals surface area contributed by atoms with Crippen LogP contribution in [0.3, 0.4) is 0 Å². The number of ether oxygens (including phenoxy) is 1. The van der Waals surface area contributed by atoms with Crippen molar-refractivity contribution in [2.24, 2.45) is 4.99 Å². The van der Waals surface area contributed by atoms with Gasteiger partial charge >= 0.3 is 0 Å². The largest absolute Gasteiger partial charge is 0.477 e. The van der Waals surface area contributed by atoms with Crippen molar-refractivity contribution in [3.8, 4) is 5.88 Å². The molecule has 8 heteroatoms. The number of halogens is 1. The lowest BCUT2D eigenvalue weighted by molar-refractivity contribution is 0.0827. The van der Waals surface area contributed by atoms with Crippen LogP contribution in [0, 0.1) is 0 Å². The average molecular weight is 511 g/mol. The second-order valence-corrected chi connectivity index (χ2v) is 6.49. The number of rotatable bonds is 8. The summed E-state index contributed by atoms with van der Waals surface area (Å²) in [5.41, 5.74) is 2.71. The van der Waals surface area contributed by atoms with E-state index in [4.69, 9.17) is 4.74 Å². The van der Waals surface area contributed by atoms with Crippen LogP contribution in [0.2, 0.25) is 0 Å². The van der Waals surface area contributed by atoms with E-state index in [9.17, 15) is 4.79 Å². The van der Waals surface area contributed by atoms with Gasteiger partial charge in [-0.2, -0.15) is 0 Å². The second-order valence-electron chi connectivity index (χ2n) is 6.49. The van der Waals surface area contributed by atoms with Crippen molar-refractivity contribution < 1.29 is 9.53 Å². The lowest BCUT2D eigenvalue weighted by Gasteiger charge is -2.14. The number of nitrogens with zero attached hydrogens (tertiary/aromatic N) is 3. The molecule has 1 amide bonds. The molecule has 29 heavy (non-hydrogen) atoms. The Morgan fingerprint density at radius 2 is 1.83 bits per heavy atom. The Balaban J connectivity index is 0.00000420. The number of hydrogen-bond acceptors (Lipinski definition) is 4. The molecule has 1 aromatic carbocycles. The van der Waals surface area contributed by atoms with Crippen molar-refractivity contribution >= 4 is 35.8 Å². The number of aromatic nitrogens is 1. The van der Waals surface area contributed by atoms with Gasteiger partial charge in [0.2, 0.25) is 5.88 Å². The van der Waals surface area contributed by atoms with Crippen LogP contribution in [0.1, 0.15) is 34.8 Å². The van der Waals surface area contributed by atoms with Crippen molar-refractivity contribution in [1.82, 2.24) is 20.5 Å². The number of pyridine rings is 1. The van der Waals surface area contributed by atoms with Crippen molar-refractivity contribution in [3.05, 3.63) is 59.3 Å². The molecule has 0 aliphatic rings. The molecule has 0 saturated carbocycles. The number of carbonyl (C=O) groups is 1. The molecule has 158 valence electrons. The standard InChI is InChI=1S/C21H29N5O2.HI/c1-5-13-28-19-18(7-6-12-23-19)15-25-21(22-2)24-14-16-8-10-17(11-9-16)20(27)26(3)4;/h6-12H,5,13-15H2,1-4H3,(H2,22,24,25);1H. The fourth-order valence-corrected chi connectivity index (χ4v) is 2.50. The summed E-state index contributed by atoms with van der Waals surface area (Å²) in [6.07, 6.45) is 2.66. The first-order chi connectivity index (χ1) is 13.5. The van der Waals surface area contributed by atoms with Gasteiger partial charge in [-0.05, 0) is 30.2 Å². The maximum absolute atomic E-state index is 11.9. The predicted octanol–water partition coefficient (Wildman–Crippen LogP) is 3.06. The molecule has 0 bridgehead atoms. The first-order valence-corrected chi connectivity index (χ1v) is 9.37. The van der Waals surface area contributed by atoms with E-state index in [-0.39, 0.29) is 29.9 Å². The highest BCUT2D eigenvalue weighted by Gasteiger charge is 2.08. The van der Waals surface area contributed by atoms with Gasteiger partial charge in [-0.3, -0.25) is 9.79 Å². The zero-order valence-corrected chi connectivity index (χ0v) is 19.8. The monoisotopic (exact) mass is 511 g/mol. The number of carbonyl (C=O) groups excluding carboxylic acids is 1. The summed E-state index contributed by atoms with van der Waals surface area (Å²) >= 11 is 0. The summed E-state index contributed by atoms with van der Waals surface area (Å²) in [5.74, 6) is 1.32. The molecule has 2 aromatic rings. The van der Waals surface area contributed by atoms with Crippen molar-refractivity contribution in [2.45, 2.75) is 26.4 Å². The van der Waals surface area contributed by atoms with E-state index in [2.05, 4.69) is 27.5 Å². The predicted molar refractivity (Wildman–Crippen MR) is 127 cm³/mol. The third-order valence-corrected chi connectivity index (χ3v) is 4.03. The molecule has 0 aliphatic heterocycles. The molecule has 2 N–H and O–H groups in total. The zero-order chi connectivity index (χ0) is 20.4. The van der Waals surface area contributed by atoms with E-state index in [1.165, 1.54) is 0 Å². The molecule has 1 heterocycles. The first kappa shape index (κ1) is 24.7. The van der Waals surface area contributed by atoms with Gasteiger partial charge in [0.25, 0.3) is 5.91 Å². The topological polar surface area (TPSA) is 78.8 Å². The van der Waals surface area contributed by atoms with Crippen LogP contribution >= 0.6 is 24.0 Å². The van der Waals surface area contributed by atoms with Gasteiger partial charge in [0.05, 0.1) is 6.61 Å². The van der Waals surface area contributed by atoms with Crippen LogP contribution < -0.4 is 15.4 Å². The summed E-state index contributed by atoms with van der Waals surface area (Å²) in [4.78, 5) is 22.1. The Labute approximate surface area is 190 Å². The van der Waals surface area contributed by atoms with Gasteiger partial charge in [0.1, 0.15) is 0 Å². The fourth-order valence-electron chi connectivity index (χ4n) is 2.50. The number of aliphatic imine (C=N–C) groups is 1. The average Bonchev–Trinajstić information content (AvgIpc) is 2.72. The van der Waals surface area contributed by atoms with E-state index in [1.807, 2.05) is 36.4 Å². The Bertz CT molecular complexity index is 794. The zero-order valence-electron chi connectivity index (χ0n) is 17.4. The molecule has 2 rings (SSSR count). The molecular formula is C21H30IN5O2. The van der Waals surface area contributed by atoms with Gasteiger partial charge < -0.3 is 20.3 Å². The molecule has 7 nitrogen and oxygen atoms in total. The van der Waals surface area contributed by atoms with Crippen LogP contribution in [0.5, 0.6) is 5.88 Å². The summed E-state index contributed by atoms with van der Waals surface area (Å²) < 4.78 is 5.69. The minimum atomic E-state index is -0.00504. The fraction of sp³-hybridized carbons (Fsp3) is 0.381. The maximum atomic E-state index is 11.9. The SMILES string of the molecule is CCCOc1ncccc1CNC(=NC)NCc1ccc(C(=O)N(C)C)cc1.I. The van der Waals surface area contributed by atoms with E-state index in [0.29, 0.717) is 37.1 Å². The number of hydrogen-bond donors (Lipinski definition) is 2. The third-order valence-electron chi connectivity index (χ3n) is 4.03. The molecule has 0 spiro atoms. The van der Waals surface area contributed by atoms with E-state index < -0.39 is 0 Å². The Hall–Kier alpha value is -2.36. The number of guanidine groups is 1. The molecule has 0 atom stereocenters. The van der Waals surface area contributed by atoms with Crippen LogP contribution in [0.4, 0.5) is 0 Å². The Kier molecular flexibility index (Phi) is 11.0. The quantitative estimate of drug-likeness (QED) is 0.324. The highest BCUT2D eigenvalue weighted by molar-refractivity contribution is 14.0. The van der Waals surface area contributed by atoms with Crippen LogP contribution in [0.25, 0.3) is 0 Å². The molecule has 0 unspecified atom stereocenters. The van der Waals surface area contributed by atoms with Crippen molar-refractivity contribution in [1.29, 1.82) is 0 Å². The maximum Gasteiger partial charge on any atom is 0.253 e. The molecule has 1 aromatic heterocycles. The van der Waals surface area contributed by atoms with Gasteiger partial charge in [0, 0.05) is 51.6 Å². The highest BCUT2D eigenvalue weighted by Crippen LogP contribution is 2.14. The molecule has 0 radical (unpaired) electrons. The van der Waals surface area contributed by atoms with Crippen LogP contribution in [-0.4, -0.2) is 49.5 Å². The Morgan fingerprint density at radius 1 is 1.14 bits per heavy atom. The Morgan fingerprint density at radius 3 is 2.45 bits per heavy atom. The minimum absolute atomic E-state index is 0. The number of amides is 1. The number of benzene rings is 1. The van der Waals surface area contributed by atoms with Gasteiger partial charge in [0.15, 0.2) is 5.96 Å². The minimum Gasteiger partial charge on any atom is -0.477 e. The van der Waals surface area contributed by atoms with Gasteiger partial charge in [-0.1, -0.05) is 25.1 Å².